The molecule has 1 aromatic heterocycles. The van der Waals surface area contributed by atoms with Crippen molar-refractivity contribution < 1.29 is 9.47 Å². The molecule has 2 rings (SSSR count). The maximum Gasteiger partial charge on any atom is 0.140 e. The number of nitrogens with one attached hydrogen (secondary N) is 1. The van der Waals surface area contributed by atoms with Gasteiger partial charge in [0.25, 0.3) is 0 Å². The van der Waals surface area contributed by atoms with Gasteiger partial charge in [0, 0.05) is 18.2 Å². The van der Waals surface area contributed by atoms with Crippen LogP contribution in [0.5, 0.6) is 11.5 Å². The highest BCUT2D eigenvalue weighted by atomic mass is 79.9. The molecule has 1 heterocycles. The van der Waals surface area contributed by atoms with E-state index in [0.29, 0.717) is 12.2 Å². The zero-order valence-corrected chi connectivity index (χ0v) is 13.8. The number of nitrogen functional groups attached to an aromatic ring is 1. The number of aromatic nitrogens is 1. The van der Waals surface area contributed by atoms with Crippen LogP contribution in [-0.2, 0) is 6.54 Å². The number of anilines is 2. The fourth-order valence-corrected chi connectivity index (χ4v) is 2.36. The van der Waals surface area contributed by atoms with Gasteiger partial charge in [0.2, 0.25) is 0 Å². The number of nitrogens with zero attached hydrogens (tertiary/aromatic N) is 1. The molecule has 21 heavy (non-hydrogen) atoms. The van der Waals surface area contributed by atoms with Crippen LogP contribution in [0.4, 0.5) is 11.5 Å². The molecule has 0 amide bonds. The fourth-order valence-electron chi connectivity index (χ4n) is 1.89. The van der Waals surface area contributed by atoms with Gasteiger partial charge in [0.15, 0.2) is 0 Å². The second-order valence-corrected chi connectivity index (χ2v) is 5.33. The van der Waals surface area contributed by atoms with Crippen LogP contribution in [0.2, 0.25) is 0 Å². The highest BCUT2D eigenvalue weighted by molar-refractivity contribution is 9.10. The van der Waals surface area contributed by atoms with Crippen LogP contribution in [0.25, 0.3) is 0 Å². The van der Waals surface area contributed by atoms with Crippen molar-refractivity contribution in [2.75, 3.05) is 25.3 Å². The smallest absolute Gasteiger partial charge is 0.140 e. The molecule has 3 N–H and O–H groups in total. The molecule has 0 aliphatic rings. The van der Waals surface area contributed by atoms with Crippen LogP contribution in [0, 0.1) is 6.92 Å². The predicted molar refractivity (Wildman–Crippen MR) is 88.0 cm³/mol. The number of rotatable bonds is 5. The Labute approximate surface area is 132 Å². The molecule has 0 bridgehead atoms. The van der Waals surface area contributed by atoms with Crippen molar-refractivity contribution in [3.8, 4) is 11.5 Å². The Bertz CT molecular complexity index is 647. The summed E-state index contributed by atoms with van der Waals surface area (Å²) in [6.45, 7) is 2.53. The lowest BCUT2D eigenvalue weighted by molar-refractivity contribution is 0.391. The van der Waals surface area contributed by atoms with E-state index in [-0.39, 0.29) is 0 Å². The Morgan fingerprint density at radius 1 is 1.29 bits per heavy atom. The van der Waals surface area contributed by atoms with Gasteiger partial charge in [-0.3, -0.25) is 0 Å². The van der Waals surface area contributed by atoms with Crippen LogP contribution in [0.3, 0.4) is 0 Å². The Morgan fingerprint density at radius 3 is 2.71 bits per heavy atom. The number of hydrogen-bond donors (Lipinski definition) is 2. The third-order valence-corrected chi connectivity index (χ3v) is 4.21. The first-order valence-electron chi connectivity index (χ1n) is 6.42. The second kappa shape index (κ2) is 6.67. The van der Waals surface area contributed by atoms with Crippen LogP contribution in [0.1, 0.15) is 11.1 Å². The Morgan fingerprint density at radius 2 is 2.05 bits per heavy atom. The Kier molecular flexibility index (Phi) is 4.90. The van der Waals surface area contributed by atoms with Crippen molar-refractivity contribution in [1.82, 2.24) is 4.98 Å². The number of ether oxygens (including phenoxy) is 2. The molecule has 0 unspecified atom stereocenters. The van der Waals surface area contributed by atoms with Gasteiger partial charge in [-0.1, -0.05) is 0 Å². The van der Waals surface area contributed by atoms with Gasteiger partial charge >= 0.3 is 0 Å². The minimum absolute atomic E-state index is 0.585. The highest BCUT2D eigenvalue weighted by Gasteiger charge is 2.09. The van der Waals surface area contributed by atoms with E-state index in [1.807, 2.05) is 25.1 Å². The third-order valence-electron chi connectivity index (χ3n) is 3.24. The average molecular weight is 352 g/mol. The first-order valence-corrected chi connectivity index (χ1v) is 7.21. The molecule has 0 aliphatic carbocycles. The third kappa shape index (κ3) is 3.39. The SMILES string of the molecule is COc1ccc(CNc2ncc(N)c(C)c2Br)c(OC)c1. The molecule has 0 spiro atoms. The Balaban J connectivity index is 2.18. The van der Waals surface area contributed by atoms with Crippen molar-refractivity contribution in [2.24, 2.45) is 0 Å². The van der Waals surface area contributed by atoms with Crippen LogP contribution < -0.4 is 20.5 Å². The molecular formula is C15H18BrN3O2. The summed E-state index contributed by atoms with van der Waals surface area (Å²) >= 11 is 3.51. The number of nitrogens with two attached hydrogens (primary N) is 1. The lowest BCUT2D eigenvalue weighted by Crippen LogP contribution is -2.05. The van der Waals surface area contributed by atoms with Gasteiger partial charge in [-0.2, -0.15) is 0 Å². The minimum Gasteiger partial charge on any atom is -0.497 e. The molecule has 0 saturated carbocycles. The zero-order chi connectivity index (χ0) is 15.4. The van der Waals surface area contributed by atoms with Gasteiger partial charge in [-0.05, 0) is 40.5 Å². The van der Waals surface area contributed by atoms with E-state index >= 15 is 0 Å². The standard InChI is InChI=1S/C15H18BrN3O2/c1-9-12(17)8-19-15(14(9)16)18-7-10-4-5-11(20-2)6-13(10)21-3/h4-6,8H,7,17H2,1-3H3,(H,18,19). The van der Waals surface area contributed by atoms with E-state index in [4.69, 9.17) is 15.2 Å². The van der Waals surface area contributed by atoms with Crippen LogP contribution >= 0.6 is 15.9 Å². The van der Waals surface area contributed by atoms with Crippen molar-refractivity contribution in [2.45, 2.75) is 13.5 Å². The fraction of sp³-hybridized carbons (Fsp3) is 0.267. The van der Waals surface area contributed by atoms with Gasteiger partial charge in [-0.15, -0.1) is 0 Å². The normalized spacial score (nSPS) is 10.3. The van der Waals surface area contributed by atoms with Gasteiger partial charge in [0.05, 0.1) is 30.6 Å². The topological polar surface area (TPSA) is 69.4 Å². The quantitative estimate of drug-likeness (QED) is 0.864. The highest BCUT2D eigenvalue weighted by Crippen LogP contribution is 2.29. The molecule has 0 atom stereocenters. The van der Waals surface area contributed by atoms with Gasteiger partial charge in [-0.25, -0.2) is 4.98 Å². The van der Waals surface area contributed by atoms with E-state index in [0.717, 1.165) is 32.9 Å². The van der Waals surface area contributed by atoms with E-state index in [1.54, 1.807) is 20.4 Å². The number of methoxy groups -OCH3 is 2. The molecule has 0 fully saturated rings. The van der Waals surface area contributed by atoms with Crippen molar-refractivity contribution in [1.29, 1.82) is 0 Å². The second-order valence-electron chi connectivity index (χ2n) is 4.53. The lowest BCUT2D eigenvalue weighted by Gasteiger charge is -2.13. The van der Waals surface area contributed by atoms with Crippen LogP contribution in [0.15, 0.2) is 28.9 Å². The summed E-state index contributed by atoms with van der Waals surface area (Å²) < 4.78 is 11.4. The van der Waals surface area contributed by atoms with Crippen molar-refractivity contribution in [3.63, 3.8) is 0 Å². The summed E-state index contributed by atoms with van der Waals surface area (Å²) in [7, 11) is 3.27. The largest absolute Gasteiger partial charge is 0.497 e. The number of hydrogen-bond acceptors (Lipinski definition) is 5. The van der Waals surface area contributed by atoms with Gasteiger partial charge in [0.1, 0.15) is 17.3 Å². The van der Waals surface area contributed by atoms with E-state index in [2.05, 4.69) is 26.2 Å². The van der Waals surface area contributed by atoms with E-state index < -0.39 is 0 Å². The summed E-state index contributed by atoms with van der Waals surface area (Å²) in [5, 5.41) is 3.28. The zero-order valence-electron chi connectivity index (χ0n) is 12.2. The van der Waals surface area contributed by atoms with Crippen molar-refractivity contribution >= 4 is 27.4 Å². The number of benzene rings is 1. The molecule has 0 aliphatic heterocycles. The molecule has 1 aromatic carbocycles. The summed E-state index contributed by atoms with van der Waals surface area (Å²) in [6.07, 6.45) is 1.65. The molecule has 6 heteroatoms. The predicted octanol–water partition coefficient (Wildman–Crippen LogP) is 3.36. The molecule has 112 valence electrons. The maximum absolute atomic E-state index is 5.82. The monoisotopic (exact) mass is 351 g/mol. The number of pyridine rings is 1. The first-order chi connectivity index (χ1) is 10.1. The van der Waals surface area contributed by atoms with Crippen molar-refractivity contribution in [3.05, 3.63) is 40.0 Å². The molecule has 2 aromatic rings. The molecule has 0 radical (unpaired) electrons. The van der Waals surface area contributed by atoms with Gasteiger partial charge < -0.3 is 20.5 Å². The molecule has 0 saturated heterocycles. The number of halogens is 1. The summed E-state index contributed by atoms with van der Waals surface area (Å²) in [5.41, 5.74) is 8.46. The molecular weight excluding hydrogens is 334 g/mol. The Hall–Kier alpha value is -1.95. The summed E-state index contributed by atoms with van der Waals surface area (Å²) in [6, 6.07) is 5.71. The van der Waals surface area contributed by atoms with E-state index in [9.17, 15) is 0 Å². The lowest BCUT2D eigenvalue weighted by atomic mass is 10.2. The maximum atomic E-state index is 5.82. The molecule has 5 nitrogen and oxygen atoms in total. The van der Waals surface area contributed by atoms with Crippen LogP contribution in [-0.4, -0.2) is 19.2 Å². The minimum atomic E-state index is 0.585. The summed E-state index contributed by atoms with van der Waals surface area (Å²) in [5.74, 6) is 2.28. The average Bonchev–Trinajstić information content (AvgIpc) is 2.52. The summed E-state index contributed by atoms with van der Waals surface area (Å²) in [4.78, 5) is 4.29. The van der Waals surface area contributed by atoms with E-state index in [1.165, 1.54) is 0 Å². The first kappa shape index (κ1) is 15.4.